The van der Waals surface area contributed by atoms with Gasteiger partial charge in [-0.05, 0) is 54.8 Å². The van der Waals surface area contributed by atoms with Crippen LogP contribution in [0.4, 0.5) is 11.4 Å². The van der Waals surface area contributed by atoms with Crippen LogP contribution in [0.2, 0.25) is 5.02 Å². The summed E-state index contributed by atoms with van der Waals surface area (Å²) in [5.74, 6) is -0.230. The minimum atomic E-state index is -0.230. The molecule has 1 amide bonds. The van der Waals surface area contributed by atoms with Crippen LogP contribution in [-0.2, 0) is 4.79 Å². The summed E-state index contributed by atoms with van der Waals surface area (Å²) in [6.07, 6.45) is 3.17. The molecule has 4 heteroatoms. The summed E-state index contributed by atoms with van der Waals surface area (Å²) in [4.78, 5) is 12.0. The Balaban J connectivity index is 2.12. The Kier molecular flexibility index (Phi) is 4.66. The van der Waals surface area contributed by atoms with Crippen molar-refractivity contribution in [1.82, 2.24) is 0 Å². The minimum absolute atomic E-state index is 0.230. The van der Waals surface area contributed by atoms with Crippen LogP contribution in [0.25, 0.3) is 6.08 Å². The van der Waals surface area contributed by atoms with Gasteiger partial charge in [0.2, 0.25) is 5.91 Å². The molecule has 0 bridgehead atoms. The molecule has 21 heavy (non-hydrogen) atoms. The van der Waals surface area contributed by atoms with Crippen LogP contribution in [0.1, 0.15) is 16.7 Å². The lowest BCUT2D eigenvalue weighted by Gasteiger charge is -2.10. The highest BCUT2D eigenvalue weighted by Crippen LogP contribution is 2.27. The number of nitrogens with two attached hydrogens (primary N) is 1. The van der Waals surface area contributed by atoms with Gasteiger partial charge in [0.05, 0.1) is 10.7 Å². The molecule has 0 saturated carbocycles. The molecule has 0 aliphatic rings. The van der Waals surface area contributed by atoms with E-state index < -0.39 is 0 Å². The second-order valence-electron chi connectivity index (χ2n) is 4.93. The third-order valence-electron chi connectivity index (χ3n) is 3.02. The van der Waals surface area contributed by atoms with Gasteiger partial charge in [0, 0.05) is 11.8 Å². The molecule has 3 nitrogen and oxygen atoms in total. The summed E-state index contributed by atoms with van der Waals surface area (Å²) in [6, 6.07) is 11.1. The first kappa shape index (κ1) is 15.1. The maximum Gasteiger partial charge on any atom is 0.248 e. The number of carbonyl (C=O) groups is 1. The van der Waals surface area contributed by atoms with Gasteiger partial charge in [0.15, 0.2) is 0 Å². The molecular formula is C17H17ClN2O. The number of hydrogen-bond acceptors (Lipinski definition) is 2. The summed E-state index contributed by atoms with van der Waals surface area (Å²) < 4.78 is 0. The standard InChI is InChI=1S/C17H17ClN2O/c1-11-8-12(2)17(15(18)9-11)20-16(21)7-6-13-4-3-5-14(19)10-13/h3-10H,19H2,1-2H3,(H,20,21)/b7-6+. The summed E-state index contributed by atoms with van der Waals surface area (Å²) >= 11 is 6.16. The SMILES string of the molecule is Cc1cc(C)c(NC(=O)/C=C/c2cccc(N)c2)c(Cl)c1. The lowest BCUT2D eigenvalue weighted by Crippen LogP contribution is -2.09. The average molecular weight is 301 g/mol. The second kappa shape index (κ2) is 6.46. The van der Waals surface area contributed by atoms with Crippen molar-refractivity contribution in [3.05, 3.63) is 64.2 Å². The van der Waals surface area contributed by atoms with Gasteiger partial charge < -0.3 is 11.1 Å². The maximum atomic E-state index is 12.0. The van der Waals surface area contributed by atoms with Crippen molar-refractivity contribution < 1.29 is 4.79 Å². The number of nitrogen functional groups attached to an aromatic ring is 1. The summed E-state index contributed by atoms with van der Waals surface area (Å²) in [5, 5.41) is 3.34. The fourth-order valence-corrected chi connectivity index (χ4v) is 2.44. The van der Waals surface area contributed by atoms with Crippen molar-refractivity contribution in [3.8, 4) is 0 Å². The highest BCUT2D eigenvalue weighted by atomic mass is 35.5. The molecule has 0 saturated heterocycles. The first-order valence-corrected chi connectivity index (χ1v) is 6.95. The van der Waals surface area contributed by atoms with Crippen LogP contribution in [0.15, 0.2) is 42.5 Å². The van der Waals surface area contributed by atoms with E-state index in [9.17, 15) is 4.79 Å². The Morgan fingerprint density at radius 1 is 1.24 bits per heavy atom. The van der Waals surface area contributed by atoms with Gasteiger partial charge in [-0.15, -0.1) is 0 Å². The molecule has 0 aliphatic heterocycles. The van der Waals surface area contributed by atoms with Crippen LogP contribution in [0, 0.1) is 13.8 Å². The fourth-order valence-electron chi connectivity index (χ4n) is 2.07. The third kappa shape index (κ3) is 4.10. The zero-order valence-electron chi connectivity index (χ0n) is 12.0. The number of amides is 1. The topological polar surface area (TPSA) is 55.1 Å². The summed E-state index contributed by atoms with van der Waals surface area (Å²) in [5.41, 5.74) is 9.86. The number of anilines is 2. The highest BCUT2D eigenvalue weighted by molar-refractivity contribution is 6.34. The minimum Gasteiger partial charge on any atom is -0.399 e. The molecule has 2 aromatic carbocycles. The van der Waals surface area contributed by atoms with Gasteiger partial charge in [-0.1, -0.05) is 29.8 Å². The number of halogens is 1. The summed E-state index contributed by atoms with van der Waals surface area (Å²) in [7, 11) is 0. The quantitative estimate of drug-likeness (QED) is 0.659. The molecule has 0 fully saturated rings. The largest absolute Gasteiger partial charge is 0.399 e. The zero-order valence-corrected chi connectivity index (χ0v) is 12.7. The van der Waals surface area contributed by atoms with E-state index in [1.807, 2.05) is 38.1 Å². The average Bonchev–Trinajstić information content (AvgIpc) is 2.40. The van der Waals surface area contributed by atoms with E-state index in [2.05, 4.69) is 5.32 Å². The molecule has 3 N–H and O–H groups in total. The van der Waals surface area contributed by atoms with E-state index >= 15 is 0 Å². The number of aryl methyl sites for hydroxylation is 2. The normalized spacial score (nSPS) is 10.8. The molecule has 0 unspecified atom stereocenters. The molecule has 0 aliphatic carbocycles. The number of rotatable bonds is 3. The lowest BCUT2D eigenvalue weighted by atomic mass is 10.1. The van der Waals surface area contributed by atoms with Crippen LogP contribution in [0.3, 0.4) is 0 Å². The fraction of sp³-hybridized carbons (Fsp3) is 0.118. The Hall–Kier alpha value is -2.26. The van der Waals surface area contributed by atoms with Gasteiger partial charge in [-0.3, -0.25) is 4.79 Å². The van der Waals surface area contributed by atoms with Gasteiger partial charge in [-0.25, -0.2) is 0 Å². The number of benzene rings is 2. The number of nitrogens with one attached hydrogen (secondary N) is 1. The van der Waals surface area contributed by atoms with E-state index in [0.29, 0.717) is 16.4 Å². The molecule has 108 valence electrons. The van der Waals surface area contributed by atoms with Crippen molar-refractivity contribution in [1.29, 1.82) is 0 Å². The van der Waals surface area contributed by atoms with Crippen LogP contribution in [0.5, 0.6) is 0 Å². The van der Waals surface area contributed by atoms with Gasteiger partial charge in [0.25, 0.3) is 0 Å². The van der Waals surface area contributed by atoms with Crippen LogP contribution >= 0.6 is 11.6 Å². The number of carbonyl (C=O) groups excluding carboxylic acids is 1. The highest BCUT2D eigenvalue weighted by Gasteiger charge is 2.07. The van der Waals surface area contributed by atoms with Crippen molar-refractivity contribution in [2.75, 3.05) is 11.1 Å². The van der Waals surface area contributed by atoms with E-state index in [1.54, 1.807) is 18.2 Å². The van der Waals surface area contributed by atoms with E-state index in [-0.39, 0.29) is 5.91 Å². The maximum absolute atomic E-state index is 12.0. The predicted octanol–water partition coefficient (Wildman–Crippen LogP) is 4.19. The molecule has 0 spiro atoms. The van der Waals surface area contributed by atoms with Crippen LogP contribution in [-0.4, -0.2) is 5.91 Å². The molecule has 0 atom stereocenters. The smallest absolute Gasteiger partial charge is 0.248 e. The molecule has 2 rings (SSSR count). The first-order valence-electron chi connectivity index (χ1n) is 6.57. The molecule has 0 aromatic heterocycles. The van der Waals surface area contributed by atoms with E-state index in [0.717, 1.165) is 16.7 Å². The van der Waals surface area contributed by atoms with Crippen molar-refractivity contribution >= 4 is 35.0 Å². The van der Waals surface area contributed by atoms with Crippen molar-refractivity contribution in [2.45, 2.75) is 13.8 Å². The molecular weight excluding hydrogens is 284 g/mol. The zero-order chi connectivity index (χ0) is 15.4. The Labute approximate surface area is 129 Å². The van der Waals surface area contributed by atoms with Crippen molar-refractivity contribution in [2.24, 2.45) is 0 Å². The first-order chi connectivity index (χ1) is 9.95. The van der Waals surface area contributed by atoms with Crippen molar-refractivity contribution in [3.63, 3.8) is 0 Å². The Morgan fingerprint density at radius 3 is 2.67 bits per heavy atom. The van der Waals surface area contributed by atoms with E-state index in [1.165, 1.54) is 6.08 Å². The van der Waals surface area contributed by atoms with Gasteiger partial charge >= 0.3 is 0 Å². The Bertz CT molecular complexity index is 685. The van der Waals surface area contributed by atoms with Gasteiger partial charge in [-0.2, -0.15) is 0 Å². The summed E-state index contributed by atoms with van der Waals surface area (Å²) in [6.45, 7) is 3.88. The molecule has 2 aromatic rings. The third-order valence-corrected chi connectivity index (χ3v) is 3.32. The number of hydrogen-bond donors (Lipinski definition) is 2. The molecule has 0 heterocycles. The van der Waals surface area contributed by atoms with Gasteiger partial charge in [0.1, 0.15) is 0 Å². The second-order valence-corrected chi connectivity index (χ2v) is 5.34. The predicted molar refractivity (Wildman–Crippen MR) is 89.4 cm³/mol. The van der Waals surface area contributed by atoms with Crippen LogP contribution < -0.4 is 11.1 Å². The lowest BCUT2D eigenvalue weighted by molar-refractivity contribution is -0.111. The van der Waals surface area contributed by atoms with E-state index in [4.69, 9.17) is 17.3 Å². The molecule has 0 radical (unpaired) electrons. The monoisotopic (exact) mass is 300 g/mol. The Morgan fingerprint density at radius 2 is 2.00 bits per heavy atom.